The molecule has 3 N–H and O–H groups in total. The number of allylic oxidation sites excluding steroid dienone is 1. The second-order valence-electron chi connectivity index (χ2n) is 7.76. The fourth-order valence-electron chi connectivity index (χ4n) is 3.46. The number of nitrogens with zero attached hydrogens (tertiary/aromatic N) is 2. The molecule has 0 aromatic heterocycles. The lowest BCUT2D eigenvalue weighted by Crippen LogP contribution is -2.00. The van der Waals surface area contributed by atoms with Gasteiger partial charge in [0.05, 0.1) is 10.6 Å². The van der Waals surface area contributed by atoms with Crippen LogP contribution in [0.1, 0.15) is 15.9 Å². The van der Waals surface area contributed by atoms with Crippen molar-refractivity contribution in [2.45, 2.75) is 9.79 Å². The molecule has 0 bridgehead atoms. The van der Waals surface area contributed by atoms with Crippen LogP contribution in [0.15, 0.2) is 105 Å². The number of aromatic hydroxyl groups is 1. The highest BCUT2D eigenvalue weighted by atomic mass is 32.2. The molecular weight excluding hydrogens is 520 g/mol. The lowest BCUT2D eigenvalue weighted by molar-refractivity contribution is 0.104. The SMILES string of the molecule is O=C(/C=C\c1cccc(N=Nc2c(O)c(S(=O)(=O)O)cc3cc(S(=O)(=O)O)ccc23)c1)c1ccccc1. The molecule has 0 aliphatic heterocycles. The van der Waals surface area contributed by atoms with E-state index in [0.29, 0.717) is 11.1 Å². The Hall–Kier alpha value is -4.23. The smallest absolute Gasteiger partial charge is 0.298 e. The third kappa shape index (κ3) is 5.95. The lowest BCUT2D eigenvalue weighted by Gasteiger charge is -2.09. The highest BCUT2D eigenvalue weighted by Crippen LogP contribution is 2.42. The molecule has 0 spiro atoms. The summed E-state index contributed by atoms with van der Waals surface area (Å²) in [7, 11) is -9.54. The van der Waals surface area contributed by atoms with E-state index in [1.807, 2.05) is 0 Å². The van der Waals surface area contributed by atoms with Crippen LogP contribution in [0.2, 0.25) is 0 Å². The maximum Gasteiger partial charge on any atom is 0.298 e. The van der Waals surface area contributed by atoms with Gasteiger partial charge in [-0.3, -0.25) is 13.9 Å². The largest absolute Gasteiger partial charge is 0.504 e. The summed E-state index contributed by atoms with van der Waals surface area (Å²) in [6.45, 7) is 0. The summed E-state index contributed by atoms with van der Waals surface area (Å²) in [5, 5.41) is 18.6. The Bertz CT molecular complexity index is 1800. The molecule has 0 atom stereocenters. The van der Waals surface area contributed by atoms with Crippen LogP contribution >= 0.6 is 0 Å². The van der Waals surface area contributed by atoms with Gasteiger partial charge in [-0.2, -0.15) is 21.9 Å². The zero-order valence-electron chi connectivity index (χ0n) is 18.8. The van der Waals surface area contributed by atoms with Crippen LogP contribution in [0.3, 0.4) is 0 Å². The van der Waals surface area contributed by atoms with Crippen LogP contribution < -0.4 is 0 Å². The molecule has 0 radical (unpaired) electrons. The van der Waals surface area contributed by atoms with Crippen molar-refractivity contribution < 1.29 is 35.8 Å². The topological polar surface area (TPSA) is 171 Å². The van der Waals surface area contributed by atoms with Crippen LogP contribution in [0, 0.1) is 0 Å². The summed E-state index contributed by atoms with van der Waals surface area (Å²) in [6, 6.07) is 19.3. The minimum Gasteiger partial charge on any atom is -0.504 e. The summed E-state index contributed by atoms with van der Waals surface area (Å²) < 4.78 is 65.4. The van der Waals surface area contributed by atoms with Crippen molar-refractivity contribution in [3.05, 3.63) is 96.1 Å². The van der Waals surface area contributed by atoms with E-state index in [-0.39, 0.29) is 27.9 Å². The summed E-state index contributed by atoms with van der Waals surface area (Å²) in [6.07, 6.45) is 2.98. The van der Waals surface area contributed by atoms with E-state index >= 15 is 0 Å². The molecular formula is C25H18N2O8S2. The maximum absolute atomic E-state index is 12.3. The maximum atomic E-state index is 12.3. The zero-order valence-corrected chi connectivity index (χ0v) is 20.4. The minimum absolute atomic E-state index is 0.0504. The van der Waals surface area contributed by atoms with Gasteiger partial charge in [0.15, 0.2) is 11.5 Å². The van der Waals surface area contributed by atoms with E-state index in [0.717, 1.165) is 18.2 Å². The standard InChI is InChI=1S/C25H18N2O8S2/c28-22(17-6-2-1-3-7-17)12-9-16-5-4-8-19(13-16)26-27-24-21-11-10-20(36(30,31)32)14-18(21)15-23(25(24)29)37(33,34)35/h1-15,29H,(H,30,31,32)(H,33,34,35)/b12-9-,27-26?. The number of phenols is 1. The van der Waals surface area contributed by atoms with E-state index in [1.54, 1.807) is 60.7 Å². The molecule has 188 valence electrons. The Balaban J connectivity index is 1.74. The first-order valence-corrected chi connectivity index (χ1v) is 13.4. The average molecular weight is 539 g/mol. The Morgan fingerprint density at radius 2 is 1.51 bits per heavy atom. The number of fused-ring (bicyclic) bond motifs is 1. The van der Waals surface area contributed by atoms with Crippen molar-refractivity contribution >= 4 is 54.2 Å². The van der Waals surface area contributed by atoms with Crippen LogP contribution in [-0.2, 0) is 20.2 Å². The molecule has 0 heterocycles. The van der Waals surface area contributed by atoms with Crippen molar-refractivity contribution in [1.82, 2.24) is 0 Å². The van der Waals surface area contributed by atoms with Gasteiger partial charge >= 0.3 is 0 Å². The van der Waals surface area contributed by atoms with Crippen molar-refractivity contribution in [1.29, 1.82) is 0 Å². The van der Waals surface area contributed by atoms with Crippen molar-refractivity contribution in [2.24, 2.45) is 10.2 Å². The third-order valence-corrected chi connectivity index (χ3v) is 6.94. The molecule has 0 unspecified atom stereocenters. The van der Waals surface area contributed by atoms with Gasteiger partial charge in [-0.25, -0.2) is 0 Å². The number of azo groups is 1. The Morgan fingerprint density at radius 3 is 2.19 bits per heavy atom. The molecule has 4 rings (SSSR count). The lowest BCUT2D eigenvalue weighted by atomic mass is 10.1. The molecule has 4 aromatic carbocycles. The summed E-state index contributed by atoms with van der Waals surface area (Å²) >= 11 is 0. The highest BCUT2D eigenvalue weighted by molar-refractivity contribution is 7.86. The van der Waals surface area contributed by atoms with E-state index < -0.39 is 35.8 Å². The molecule has 0 saturated carbocycles. The zero-order chi connectivity index (χ0) is 26.8. The van der Waals surface area contributed by atoms with Gasteiger partial charge < -0.3 is 5.11 Å². The number of hydrogen-bond acceptors (Lipinski definition) is 8. The number of hydrogen-bond donors (Lipinski definition) is 3. The molecule has 4 aromatic rings. The van der Waals surface area contributed by atoms with Crippen molar-refractivity contribution in [3.8, 4) is 5.75 Å². The predicted octanol–water partition coefficient (Wildman–Crippen LogP) is 5.35. The third-order valence-electron chi connectivity index (χ3n) is 5.22. The molecule has 0 aliphatic carbocycles. The second-order valence-corrected chi connectivity index (χ2v) is 10.6. The van der Waals surface area contributed by atoms with Crippen LogP contribution in [-0.4, -0.2) is 36.8 Å². The van der Waals surface area contributed by atoms with Gasteiger partial charge in [0.25, 0.3) is 20.2 Å². The number of benzene rings is 4. The Morgan fingerprint density at radius 1 is 0.784 bits per heavy atom. The van der Waals surface area contributed by atoms with Gasteiger partial charge in [-0.05, 0) is 47.4 Å². The average Bonchev–Trinajstić information content (AvgIpc) is 2.85. The normalized spacial score (nSPS) is 12.5. The molecule has 10 nitrogen and oxygen atoms in total. The molecule has 0 saturated heterocycles. The number of rotatable bonds is 7. The van der Waals surface area contributed by atoms with Crippen molar-refractivity contribution in [3.63, 3.8) is 0 Å². The fourth-order valence-corrected chi connectivity index (χ4v) is 4.59. The number of carbonyl (C=O) groups is 1. The Kier molecular flexibility index (Phi) is 7.01. The van der Waals surface area contributed by atoms with E-state index in [1.165, 1.54) is 12.1 Å². The van der Waals surface area contributed by atoms with E-state index in [2.05, 4.69) is 10.2 Å². The quantitative estimate of drug-likeness (QED) is 0.122. The van der Waals surface area contributed by atoms with Crippen molar-refractivity contribution in [2.75, 3.05) is 0 Å². The second kappa shape index (κ2) is 10.0. The molecule has 0 fully saturated rings. The first kappa shape index (κ1) is 25.9. The Labute approximate surface area is 211 Å². The van der Waals surface area contributed by atoms with Gasteiger partial charge in [0.2, 0.25) is 0 Å². The van der Waals surface area contributed by atoms with Crippen LogP contribution in [0.25, 0.3) is 16.8 Å². The summed E-state index contributed by atoms with van der Waals surface area (Å²) in [4.78, 5) is 10.8. The predicted molar refractivity (Wildman–Crippen MR) is 136 cm³/mol. The van der Waals surface area contributed by atoms with E-state index in [4.69, 9.17) is 0 Å². The van der Waals surface area contributed by atoms with Crippen LogP contribution in [0.5, 0.6) is 5.75 Å². The monoisotopic (exact) mass is 538 g/mol. The molecule has 0 amide bonds. The van der Waals surface area contributed by atoms with Gasteiger partial charge in [0, 0.05) is 10.9 Å². The van der Waals surface area contributed by atoms with E-state index in [9.17, 15) is 35.8 Å². The number of carbonyl (C=O) groups excluding carboxylic acids is 1. The first-order valence-electron chi connectivity index (χ1n) is 10.5. The number of ketones is 1. The van der Waals surface area contributed by atoms with Crippen LogP contribution in [0.4, 0.5) is 11.4 Å². The fraction of sp³-hybridized carbons (Fsp3) is 0. The molecule has 0 aliphatic rings. The highest BCUT2D eigenvalue weighted by Gasteiger charge is 2.23. The summed E-state index contributed by atoms with van der Waals surface area (Å²) in [5.74, 6) is -1.10. The number of phenolic OH excluding ortho intramolecular Hbond substituents is 1. The molecule has 37 heavy (non-hydrogen) atoms. The molecule has 12 heteroatoms. The minimum atomic E-state index is -4.93. The van der Waals surface area contributed by atoms with Gasteiger partial charge in [0.1, 0.15) is 10.6 Å². The summed E-state index contributed by atoms with van der Waals surface area (Å²) in [5.41, 5.74) is 1.06. The van der Waals surface area contributed by atoms with Gasteiger partial charge in [-0.1, -0.05) is 54.6 Å². The first-order chi connectivity index (χ1) is 17.4. The van der Waals surface area contributed by atoms with Gasteiger partial charge in [-0.15, -0.1) is 5.11 Å².